The molecule has 0 spiro atoms. The zero-order valence-corrected chi connectivity index (χ0v) is 9.19. The lowest BCUT2D eigenvalue weighted by molar-refractivity contribution is -0.146. The number of halogens is 2. The van der Waals surface area contributed by atoms with Crippen LogP contribution in [0.4, 0.5) is 0 Å². The molecule has 0 radical (unpaired) electrons. The molecule has 0 saturated heterocycles. The molecule has 0 heterocycles. The first-order valence-corrected chi connectivity index (χ1v) is 3.54. The first-order chi connectivity index (χ1) is 5.91. The van der Waals surface area contributed by atoms with Gasteiger partial charge in [0.05, 0.1) is 6.61 Å². The van der Waals surface area contributed by atoms with Gasteiger partial charge in [-0.05, 0) is 0 Å². The van der Waals surface area contributed by atoms with Crippen LogP contribution in [0.1, 0.15) is 0 Å². The van der Waals surface area contributed by atoms with E-state index in [0.29, 0.717) is 0 Å². The number of primary amides is 1. The van der Waals surface area contributed by atoms with E-state index in [4.69, 9.17) is 25.5 Å². The van der Waals surface area contributed by atoms with Gasteiger partial charge in [-0.3, -0.25) is 4.79 Å². The molecule has 0 unspecified atom stereocenters. The second-order valence-corrected chi connectivity index (χ2v) is 2.58. The molecule has 0 rings (SSSR count). The standard InChI is InChI=1S/C6H13NO6.2ClH/c7-6(13)5(12)4(11)3(10)2(9)1-8;;/h2-5,8-12H,1H2,(H2,7,13);2*1H/t2-,3-,4+,5-;;/m1../s1. The zero-order valence-electron chi connectivity index (χ0n) is 7.55. The molecular weight excluding hydrogens is 253 g/mol. The van der Waals surface area contributed by atoms with Crippen molar-refractivity contribution in [3.63, 3.8) is 0 Å². The molecule has 0 aromatic heterocycles. The monoisotopic (exact) mass is 267 g/mol. The van der Waals surface area contributed by atoms with E-state index in [1.54, 1.807) is 0 Å². The second-order valence-electron chi connectivity index (χ2n) is 2.58. The van der Waals surface area contributed by atoms with Crippen LogP contribution in [0.5, 0.6) is 0 Å². The highest BCUT2D eigenvalue weighted by atomic mass is 35.5. The van der Waals surface area contributed by atoms with Gasteiger partial charge < -0.3 is 31.3 Å². The number of hydrogen-bond donors (Lipinski definition) is 6. The van der Waals surface area contributed by atoms with Gasteiger partial charge in [0.2, 0.25) is 5.91 Å². The van der Waals surface area contributed by atoms with Gasteiger partial charge in [0.1, 0.15) is 18.3 Å². The zero-order chi connectivity index (χ0) is 10.6. The van der Waals surface area contributed by atoms with Crippen molar-refractivity contribution in [1.29, 1.82) is 0 Å². The van der Waals surface area contributed by atoms with Gasteiger partial charge in [0, 0.05) is 0 Å². The third-order valence-corrected chi connectivity index (χ3v) is 1.55. The molecule has 9 heteroatoms. The third-order valence-electron chi connectivity index (χ3n) is 1.55. The van der Waals surface area contributed by atoms with Crippen molar-refractivity contribution in [3.8, 4) is 0 Å². The van der Waals surface area contributed by atoms with Crippen LogP contribution < -0.4 is 5.73 Å². The fourth-order valence-corrected chi connectivity index (χ4v) is 0.691. The van der Waals surface area contributed by atoms with E-state index in [1.807, 2.05) is 0 Å². The number of nitrogens with two attached hydrogens (primary N) is 1. The molecule has 7 N–H and O–H groups in total. The highest BCUT2D eigenvalue weighted by Crippen LogP contribution is 2.04. The summed E-state index contributed by atoms with van der Waals surface area (Å²) in [6.07, 6.45) is -7.35. The molecule has 4 atom stereocenters. The Balaban J connectivity index is -0.000000720. The van der Waals surface area contributed by atoms with Gasteiger partial charge in [-0.2, -0.15) is 0 Å². The van der Waals surface area contributed by atoms with Crippen LogP contribution >= 0.6 is 24.8 Å². The van der Waals surface area contributed by atoms with E-state index in [2.05, 4.69) is 5.73 Å². The van der Waals surface area contributed by atoms with Crippen LogP contribution in [0.25, 0.3) is 0 Å². The van der Waals surface area contributed by atoms with Crippen LogP contribution in [0, 0.1) is 0 Å². The fraction of sp³-hybridized carbons (Fsp3) is 0.833. The highest BCUT2D eigenvalue weighted by molar-refractivity contribution is 5.85. The third kappa shape index (κ3) is 6.10. The first-order valence-electron chi connectivity index (χ1n) is 3.54. The maximum Gasteiger partial charge on any atom is 0.249 e. The number of rotatable bonds is 5. The Morgan fingerprint density at radius 2 is 1.47 bits per heavy atom. The molecule has 7 nitrogen and oxygen atoms in total. The quantitative estimate of drug-likeness (QED) is 0.309. The number of carbonyl (C=O) groups excluding carboxylic acids is 1. The molecule has 94 valence electrons. The molecule has 0 bridgehead atoms. The fourth-order valence-electron chi connectivity index (χ4n) is 0.691. The van der Waals surface area contributed by atoms with Crippen molar-refractivity contribution in [3.05, 3.63) is 0 Å². The van der Waals surface area contributed by atoms with Crippen molar-refractivity contribution >= 4 is 30.7 Å². The van der Waals surface area contributed by atoms with Gasteiger partial charge in [-0.1, -0.05) is 0 Å². The summed E-state index contributed by atoms with van der Waals surface area (Å²) in [6, 6.07) is 0. The molecule has 0 aromatic rings. The van der Waals surface area contributed by atoms with E-state index < -0.39 is 36.9 Å². The second kappa shape index (κ2) is 9.10. The summed E-state index contributed by atoms with van der Waals surface area (Å²) in [4.78, 5) is 10.3. The summed E-state index contributed by atoms with van der Waals surface area (Å²) in [5.74, 6) is -1.23. The Labute approximate surface area is 98.3 Å². The number of aliphatic hydroxyl groups is 5. The van der Waals surface area contributed by atoms with Gasteiger partial charge in [-0.25, -0.2) is 0 Å². The number of hydrogen-bond acceptors (Lipinski definition) is 6. The maximum atomic E-state index is 10.3. The molecule has 1 amide bonds. The van der Waals surface area contributed by atoms with Crippen molar-refractivity contribution in [1.82, 2.24) is 0 Å². The molecule has 0 saturated carbocycles. The van der Waals surface area contributed by atoms with E-state index in [9.17, 15) is 4.79 Å². The summed E-state index contributed by atoms with van der Waals surface area (Å²) in [6.45, 7) is -0.802. The SMILES string of the molecule is Cl.Cl.NC(=O)[C@H](O)[C@@H](O)[C@H](O)[C@H](O)CO. The molecule has 0 aliphatic heterocycles. The molecule has 0 aliphatic rings. The van der Waals surface area contributed by atoms with E-state index >= 15 is 0 Å². The van der Waals surface area contributed by atoms with E-state index in [-0.39, 0.29) is 24.8 Å². The summed E-state index contributed by atoms with van der Waals surface area (Å²) in [7, 11) is 0. The lowest BCUT2D eigenvalue weighted by Gasteiger charge is -2.23. The van der Waals surface area contributed by atoms with Gasteiger partial charge >= 0.3 is 0 Å². The average molecular weight is 268 g/mol. The Hall–Kier alpha value is -0.150. The minimum absolute atomic E-state index is 0. The lowest BCUT2D eigenvalue weighted by Crippen LogP contribution is -2.50. The van der Waals surface area contributed by atoms with Crippen LogP contribution in [0.3, 0.4) is 0 Å². The van der Waals surface area contributed by atoms with Crippen LogP contribution in [-0.2, 0) is 4.79 Å². The Kier molecular flexibility index (Phi) is 12.3. The maximum absolute atomic E-state index is 10.3. The van der Waals surface area contributed by atoms with Crippen molar-refractivity contribution < 1.29 is 30.3 Å². The molecular formula is C6H15Cl2NO6. The Morgan fingerprint density at radius 3 is 1.73 bits per heavy atom. The largest absolute Gasteiger partial charge is 0.394 e. The van der Waals surface area contributed by atoms with Gasteiger partial charge in [0.25, 0.3) is 0 Å². The highest BCUT2D eigenvalue weighted by Gasteiger charge is 2.32. The average Bonchev–Trinajstić information content (AvgIpc) is 2.12. The number of amides is 1. The smallest absolute Gasteiger partial charge is 0.249 e. The van der Waals surface area contributed by atoms with Crippen molar-refractivity contribution in [2.75, 3.05) is 6.61 Å². The predicted molar refractivity (Wildman–Crippen MR) is 54.8 cm³/mol. The normalized spacial score (nSPS) is 17.7. The lowest BCUT2D eigenvalue weighted by atomic mass is 10.0. The number of carbonyl (C=O) groups is 1. The summed E-state index contributed by atoms with van der Waals surface area (Å²) >= 11 is 0. The Bertz CT molecular complexity index is 183. The summed E-state index contributed by atoms with van der Waals surface area (Å²) in [5, 5.41) is 44.0. The summed E-state index contributed by atoms with van der Waals surface area (Å²) < 4.78 is 0. The van der Waals surface area contributed by atoms with E-state index in [1.165, 1.54) is 0 Å². The molecule has 0 aromatic carbocycles. The Morgan fingerprint density at radius 1 is 1.07 bits per heavy atom. The molecule has 0 fully saturated rings. The van der Waals surface area contributed by atoms with E-state index in [0.717, 1.165) is 0 Å². The predicted octanol–water partition coefficient (Wildman–Crippen LogP) is -3.25. The molecule has 15 heavy (non-hydrogen) atoms. The summed E-state index contributed by atoms with van der Waals surface area (Å²) in [5.41, 5.74) is 4.61. The van der Waals surface area contributed by atoms with Crippen LogP contribution in [0.15, 0.2) is 0 Å². The van der Waals surface area contributed by atoms with Crippen LogP contribution in [0.2, 0.25) is 0 Å². The minimum atomic E-state index is -1.98. The van der Waals surface area contributed by atoms with Crippen molar-refractivity contribution in [2.24, 2.45) is 5.73 Å². The van der Waals surface area contributed by atoms with Crippen molar-refractivity contribution in [2.45, 2.75) is 24.4 Å². The van der Waals surface area contributed by atoms with Crippen LogP contribution in [-0.4, -0.2) is 62.5 Å². The molecule has 0 aliphatic carbocycles. The minimum Gasteiger partial charge on any atom is -0.394 e. The van der Waals surface area contributed by atoms with Gasteiger partial charge in [-0.15, -0.1) is 24.8 Å². The topological polar surface area (TPSA) is 144 Å². The number of aliphatic hydroxyl groups excluding tert-OH is 5. The first kappa shape index (κ1) is 20.3. The van der Waals surface area contributed by atoms with Gasteiger partial charge in [0.15, 0.2) is 6.10 Å².